The number of halogens is 3. The molecule has 4 fully saturated rings. The predicted molar refractivity (Wildman–Crippen MR) is 258 cm³/mol. The highest BCUT2D eigenvalue weighted by atomic mass is 19.4. The zero-order chi connectivity index (χ0) is 50.9. The Bertz CT molecular complexity index is 2050. The minimum absolute atomic E-state index is 0.000587. The topological polar surface area (TPSA) is 192 Å². The maximum absolute atomic E-state index is 14.5. The van der Waals surface area contributed by atoms with Crippen LogP contribution >= 0.6 is 0 Å². The number of likely N-dealkylation sites (tertiary alicyclic amines) is 1. The number of nitrogens with zero attached hydrogens (tertiary/aromatic N) is 4. The molecule has 400 valence electrons. The van der Waals surface area contributed by atoms with Crippen LogP contribution in [0.2, 0.25) is 0 Å². The third-order valence-corrected chi connectivity index (χ3v) is 15.2. The molecule has 2 saturated carbocycles. The second-order valence-corrected chi connectivity index (χ2v) is 20.1. The molecule has 0 unspecified atom stereocenters. The number of amides is 4. The minimum atomic E-state index is -4.51. The molecule has 0 radical (unpaired) electrons. The summed E-state index contributed by atoms with van der Waals surface area (Å²) in [6.45, 7) is 5.63. The van der Waals surface area contributed by atoms with Gasteiger partial charge in [-0.25, -0.2) is 0 Å². The molecular formula is C52H76F3N7O10. The summed E-state index contributed by atoms with van der Waals surface area (Å²) < 4.78 is 75.3. The number of hydrogen-bond acceptors (Lipinski definition) is 13. The van der Waals surface area contributed by atoms with Crippen molar-refractivity contribution in [2.75, 3.05) is 93.2 Å². The number of methoxy groups -OCH3 is 1. The van der Waals surface area contributed by atoms with Crippen molar-refractivity contribution in [2.45, 2.75) is 133 Å². The number of ether oxygens (including phenoxy) is 6. The van der Waals surface area contributed by atoms with Crippen LogP contribution in [0.25, 0.3) is 0 Å². The van der Waals surface area contributed by atoms with Gasteiger partial charge in [0, 0.05) is 102 Å². The van der Waals surface area contributed by atoms with Crippen molar-refractivity contribution in [3.05, 3.63) is 59.2 Å². The Morgan fingerprint density at radius 1 is 0.931 bits per heavy atom. The van der Waals surface area contributed by atoms with Gasteiger partial charge in [0.2, 0.25) is 23.6 Å². The summed E-state index contributed by atoms with van der Waals surface area (Å²) in [5.41, 5.74) is 0.469. The number of hydrogen-bond donors (Lipinski definition) is 3. The Morgan fingerprint density at radius 3 is 2.44 bits per heavy atom. The number of rotatable bonds is 26. The fourth-order valence-electron chi connectivity index (χ4n) is 11.2. The molecule has 0 spiro atoms. The lowest BCUT2D eigenvalue weighted by molar-refractivity contribution is -0.144. The van der Waals surface area contributed by atoms with Gasteiger partial charge in [-0.15, -0.1) is 0 Å². The molecule has 2 aliphatic carbocycles. The van der Waals surface area contributed by atoms with Gasteiger partial charge in [0.15, 0.2) is 0 Å². The van der Waals surface area contributed by atoms with Gasteiger partial charge in [-0.05, 0) is 99.9 Å². The first-order chi connectivity index (χ1) is 34.8. The van der Waals surface area contributed by atoms with E-state index in [1.165, 1.54) is 0 Å². The Labute approximate surface area is 421 Å². The molecule has 0 aromatic carbocycles. The number of unbranched alkanes of at least 4 members (excludes halogenated alkanes) is 1. The number of alkyl halides is 3. The Hall–Kier alpha value is -4.31. The fraction of sp³-hybridized carbons (Fsp3) is 0.731. The van der Waals surface area contributed by atoms with Crippen LogP contribution in [0.1, 0.15) is 112 Å². The first-order valence-corrected chi connectivity index (χ1v) is 26.1. The monoisotopic (exact) mass is 1020 g/mol. The van der Waals surface area contributed by atoms with Crippen molar-refractivity contribution in [1.29, 1.82) is 0 Å². The molecule has 17 nitrogen and oxygen atoms in total. The molecule has 0 bridgehead atoms. The Morgan fingerprint density at radius 2 is 1.69 bits per heavy atom. The lowest BCUT2D eigenvalue weighted by Crippen LogP contribution is -2.49. The number of pyridine rings is 2. The number of carbonyl (C=O) groups excluding carboxylic acids is 4. The van der Waals surface area contributed by atoms with Crippen LogP contribution in [0.5, 0.6) is 0 Å². The number of nitrogens with one attached hydrogen (secondary N) is 3. The molecule has 5 heterocycles. The van der Waals surface area contributed by atoms with Crippen molar-refractivity contribution in [1.82, 2.24) is 35.7 Å². The lowest BCUT2D eigenvalue weighted by Gasteiger charge is -2.37. The summed E-state index contributed by atoms with van der Waals surface area (Å²) in [4.78, 5) is 64.2. The molecular weight excluding hydrogens is 940 g/mol. The first-order valence-electron chi connectivity index (χ1n) is 26.1. The summed E-state index contributed by atoms with van der Waals surface area (Å²) in [7, 11) is 3.41. The van der Waals surface area contributed by atoms with Crippen LogP contribution in [0.3, 0.4) is 0 Å². The highest BCUT2D eigenvalue weighted by molar-refractivity contribution is 5.90. The summed E-state index contributed by atoms with van der Waals surface area (Å²) >= 11 is 0. The number of aromatic nitrogens is 2. The molecule has 2 aromatic rings. The second kappa shape index (κ2) is 27.3. The van der Waals surface area contributed by atoms with Crippen molar-refractivity contribution < 1.29 is 60.8 Å². The first kappa shape index (κ1) is 55.4. The molecule has 72 heavy (non-hydrogen) atoms. The van der Waals surface area contributed by atoms with E-state index in [1.54, 1.807) is 36.4 Å². The maximum atomic E-state index is 14.5. The van der Waals surface area contributed by atoms with Gasteiger partial charge in [0.25, 0.3) is 0 Å². The standard InChI is InChI=1S/C52H76F3N7O10/c1-61-47(64)29-42(48(61)37-6-5-17-56-32-37)49(65)58-19-23-71-40-7-9-41(10-8-40)72-27-26-69-25-24-68-22-14-46(63)57-18-4-3-15-51(16-11-36(30-51)31-59-44-13-21-70-35-45(44)67-2)50(66)62-20-12-43-38(34-62)28-39(33-60-43)52(53,54)55/h5-6,17,28,32-33,36,40-42,44-45,48,59H,3-4,7-16,18-27,29-31,34-35H2,1-2H3,(H,57,63)(H,58,65)/t36-,40?,41?,42+,44+,45-,48-,51+/m1/s1. The Balaban J connectivity index is 0.718. The van der Waals surface area contributed by atoms with Gasteiger partial charge in [0.1, 0.15) is 0 Å². The van der Waals surface area contributed by atoms with Crippen LogP contribution in [0.15, 0.2) is 36.8 Å². The SMILES string of the molecule is CO[C@@H]1COCC[C@@H]1NC[C@@H]1CC[C@](CCCCNC(=O)CCOCCOCCOC2CCC(OCCNC(=O)[C@H]3CC(=O)N(C)[C@@H]3c3cccnc3)CC2)(C(=O)N2CCc3ncc(C(F)(F)F)cc3C2)C1. The summed E-state index contributed by atoms with van der Waals surface area (Å²) in [5.74, 6) is -0.541. The van der Waals surface area contributed by atoms with E-state index >= 15 is 0 Å². The van der Waals surface area contributed by atoms with Gasteiger partial charge >= 0.3 is 6.18 Å². The van der Waals surface area contributed by atoms with Crippen LogP contribution in [0, 0.1) is 17.3 Å². The lowest BCUT2D eigenvalue weighted by atomic mass is 9.78. The third-order valence-electron chi connectivity index (χ3n) is 15.2. The van der Waals surface area contributed by atoms with E-state index < -0.39 is 23.1 Å². The largest absolute Gasteiger partial charge is 0.417 e. The van der Waals surface area contributed by atoms with E-state index in [1.807, 2.05) is 12.1 Å². The van der Waals surface area contributed by atoms with Crippen molar-refractivity contribution in [3.8, 4) is 0 Å². The molecule has 3 N–H and O–H groups in total. The maximum Gasteiger partial charge on any atom is 0.417 e. The van der Waals surface area contributed by atoms with E-state index in [0.29, 0.717) is 109 Å². The van der Waals surface area contributed by atoms with E-state index in [2.05, 4.69) is 25.9 Å². The van der Waals surface area contributed by atoms with Gasteiger partial charge < -0.3 is 54.2 Å². The fourth-order valence-corrected chi connectivity index (χ4v) is 11.2. The van der Waals surface area contributed by atoms with Crippen LogP contribution in [-0.4, -0.2) is 161 Å². The van der Waals surface area contributed by atoms with Crippen LogP contribution < -0.4 is 16.0 Å². The Kier molecular flexibility index (Phi) is 21.0. The normalized spacial score (nSPS) is 26.7. The smallest absolute Gasteiger partial charge is 0.379 e. The predicted octanol–water partition coefficient (Wildman–Crippen LogP) is 4.95. The quantitative estimate of drug-likeness (QED) is 0.107. The molecule has 2 saturated heterocycles. The minimum Gasteiger partial charge on any atom is -0.379 e. The zero-order valence-corrected chi connectivity index (χ0v) is 42.1. The third kappa shape index (κ3) is 15.6. The van der Waals surface area contributed by atoms with E-state index in [-0.39, 0.29) is 85.9 Å². The van der Waals surface area contributed by atoms with Crippen LogP contribution in [0.4, 0.5) is 13.2 Å². The molecule has 2 aromatic heterocycles. The van der Waals surface area contributed by atoms with Crippen molar-refractivity contribution in [2.24, 2.45) is 17.3 Å². The number of carbonyl (C=O) groups is 4. The average molecular weight is 1020 g/mol. The second-order valence-electron chi connectivity index (χ2n) is 20.1. The molecule has 7 rings (SSSR count). The van der Waals surface area contributed by atoms with Crippen molar-refractivity contribution >= 4 is 23.6 Å². The highest BCUT2D eigenvalue weighted by Crippen LogP contribution is 2.47. The molecule has 4 amide bonds. The number of fused-ring (bicyclic) bond motifs is 1. The van der Waals surface area contributed by atoms with Crippen LogP contribution in [-0.2, 0) is 66.7 Å². The molecule has 6 atom stereocenters. The van der Waals surface area contributed by atoms with Crippen molar-refractivity contribution in [3.63, 3.8) is 0 Å². The van der Waals surface area contributed by atoms with Gasteiger partial charge in [-0.1, -0.05) is 12.5 Å². The zero-order valence-electron chi connectivity index (χ0n) is 42.1. The average Bonchev–Trinajstić information content (AvgIpc) is 3.95. The van der Waals surface area contributed by atoms with E-state index in [0.717, 1.165) is 69.3 Å². The summed E-state index contributed by atoms with van der Waals surface area (Å²) in [5, 5.41) is 9.61. The highest BCUT2D eigenvalue weighted by Gasteiger charge is 2.48. The molecule has 20 heteroatoms. The van der Waals surface area contributed by atoms with E-state index in [9.17, 15) is 32.3 Å². The molecule has 5 aliphatic rings. The van der Waals surface area contributed by atoms with Gasteiger partial charge in [-0.3, -0.25) is 29.1 Å². The summed E-state index contributed by atoms with van der Waals surface area (Å²) in [6.07, 6.45) is 9.39. The molecule has 3 aliphatic heterocycles. The van der Waals surface area contributed by atoms with Gasteiger partial charge in [-0.2, -0.15) is 13.2 Å². The summed E-state index contributed by atoms with van der Waals surface area (Å²) in [6, 6.07) is 4.67. The van der Waals surface area contributed by atoms with E-state index in [4.69, 9.17) is 28.4 Å². The van der Waals surface area contributed by atoms with Gasteiger partial charge in [0.05, 0.1) is 82.1 Å².